The van der Waals surface area contributed by atoms with E-state index >= 15 is 0 Å². The first-order valence-electron chi connectivity index (χ1n) is 9.70. The molecule has 1 N–H and O–H groups in total. The van der Waals surface area contributed by atoms with Crippen molar-refractivity contribution in [3.05, 3.63) is 68.7 Å². The number of thiophene rings is 1. The van der Waals surface area contributed by atoms with Crippen LogP contribution in [0.4, 0.5) is 0 Å². The molecule has 4 rings (SSSR count). The monoisotopic (exact) mass is 396 g/mol. The van der Waals surface area contributed by atoms with Gasteiger partial charge in [-0.3, -0.25) is 14.5 Å². The predicted octanol–water partition coefficient (Wildman–Crippen LogP) is 4.06. The Balaban J connectivity index is 1.51. The Kier molecular flexibility index (Phi) is 5.59. The van der Waals surface area contributed by atoms with Crippen LogP contribution in [0.1, 0.15) is 41.2 Å². The van der Waals surface area contributed by atoms with Crippen LogP contribution in [0.25, 0.3) is 11.0 Å². The van der Waals surface area contributed by atoms with Crippen LogP contribution in [0, 0.1) is 5.92 Å². The van der Waals surface area contributed by atoms with Gasteiger partial charge < -0.3 is 9.73 Å². The van der Waals surface area contributed by atoms with Crippen LogP contribution in [0.5, 0.6) is 0 Å². The zero-order valence-electron chi connectivity index (χ0n) is 15.9. The van der Waals surface area contributed by atoms with Crippen molar-refractivity contribution >= 4 is 28.2 Å². The number of nitrogens with one attached hydrogen (secondary N) is 1. The van der Waals surface area contributed by atoms with Crippen molar-refractivity contribution in [3.8, 4) is 0 Å². The van der Waals surface area contributed by atoms with Gasteiger partial charge in [-0.1, -0.05) is 25.1 Å². The van der Waals surface area contributed by atoms with E-state index in [9.17, 15) is 9.59 Å². The van der Waals surface area contributed by atoms with Gasteiger partial charge in [0, 0.05) is 17.5 Å². The number of carbonyl (C=O) groups is 1. The van der Waals surface area contributed by atoms with Gasteiger partial charge in [0.05, 0.1) is 11.4 Å². The van der Waals surface area contributed by atoms with Crippen molar-refractivity contribution in [1.29, 1.82) is 0 Å². The number of piperidine rings is 1. The molecule has 1 amide bonds. The Morgan fingerprint density at radius 2 is 2.04 bits per heavy atom. The van der Waals surface area contributed by atoms with Crippen LogP contribution < -0.4 is 10.7 Å². The third kappa shape index (κ3) is 4.03. The maximum atomic E-state index is 12.7. The van der Waals surface area contributed by atoms with E-state index in [1.165, 1.54) is 23.8 Å². The summed E-state index contributed by atoms with van der Waals surface area (Å²) in [5.41, 5.74) is 0.229. The van der Waals surface area contributed by atoms with Gasteiger partial charge in [-0.05, 0) is 55.4 Å². The lowest BCUT2D eigenvalue weighted by Gasteiger charge is -2.36. The number of benzene rings is 1. The van der Waals surface area contributed by atoms with E-state index in [2.05, 4.69) is 28.6 Å². The normalized spacial score (nSPS) is 16.9. The fraction of sp³-hybridized carbons (Fsp3) is 0.364. The first-order valence-corrected chi connectivity index (χ1v) is 10.6. The minimum absolute atomic E-state index is 0.0564. The Morgan fingerprint density at radius 3 is 2.79 bits per heavy atom. The molecule has 2 aromatic heterocycles. The standard InChI is InChI=1S/C22H24N2O3S/c1-15-8-10-24(11-9-15)17(21-7-4-12-28-21)14-23-22(26)20-13-18(25)16-5-2-3-6-19(16)27-20/h2-7,12-13,15,17H,8-11,14H2,1H3,(H,23,26). The molecule has 146 valence electrons. The molecule has 3 heterocycles. The highest BCUT2D eigenvalue weighted by atomic mass is 32.1. The molecule has 0 bridgehead atoms. The summed E-state index contributed by atoms with van der Waals surface area (Å²) in [6.07, 6.45) is 2.35. The lowest BCUT2D eigenvalue weighted by molar-refractivity contribution is 0.0889. The number of hydrogen-bond acceptors (Lipinski definition) is 5. The van der Waals surface area contributed by atoms with Crippen molar-refractivity contribution in [2.24, 2.45) is 5.92 Å². The molecule has 1 aliphatic rings. The first-order chi connectivity index (χ1) is 13.6. The van der Waals surface area contributed by atoms with Crippen molar-refractivity contribution in [3.63, 3.8) is 0 Å². The van der Waals surface area contributed by atoms with Gasteiger partial charge in [-0.15, -0.1) is 11.3 Å². The van der Waals surface area contributed by atoms with E-state index in [4.69, 9.17) is 4.42 Å². The molecule has 6 heteroatoms. The maximum absolute atomic E-state index is 12.7. The Labute approximate surface area is 168 Å². The van der Waals surface area contributed by atoms with Gasteiger partial charge in [0.25, 0.3) is 5.91 Å². The second kappa shape index (κ2) is 8.29. The zero-order valence-corrected chi connectivity index (χ0v) is 16.7. The van der Waals surface area contributed by atoms with Gasteiger partial charge in [0.1, 0.15) is 5.58 Å². The second-order valence-electron chi connectivity index (χ2n) is 7.43. The third-order valence-corrected chi connectivity index (χ3v) is 6.42. The second-order valence-corrected chi connectivity index (χ2v) is 8.41. The molecule has 5 nitrogen and oxygen atoms in total. The number of likely N-dealkylation sites (tertiary alicyclic amines) is 1. The molecule has 0 aliphatic carbocycles. The minimum atomic E-state index is -0.352. The summed E-state index contributed by atoms with van der Waals surface area (Å²) in [5.74, 6) is 0.456. The largest absolute Gasteiger partial charge is 0.451 e. The fourth-order valence-electron chi connectivity index (χ4n) is 3.72. The summed E-state index contributed by atoms with van der Waals surface area (Å²) in [6, 6.07) is 12.6. The predicted molar refractivity (Wildman–Crippen MR) is 112 cm³/mol. The molecule has 1 fully saturated rings. The molecule has 1 aliphatic heterocycles. The molecular formula is C22H24N2O3S. The number of para-hydroxylation sites is 1. The molecule has 0 saturated carbocycles. The quantitative estimate of drug-likeness (QED) is 0.707. The highest BCUT2D eigenvalue weighted by molar-refractivity contribution is 7.10. The highest BCUT2D eigenvalue weighted by Gasteiger charge is 2.26. The van der Waals surface area contributed by atoms with Crippen LogP contribution in [-0.4, -0.2) is 30.4 Å². The lowest BCUT2D eigenvalue weighted by atomic mass is 9.97. The zero-order chi connectivity index (χ0) is 19.5. The van der Waals surface area contributed by atoms with Crippen molar-refractivity contribution < 1.29 is 9.21 Å². The van der Waals surface area contributed by atoms with Crippen LogP contribution in [0.3, 0.4) is 0 Å². The van der Waals surface area contributed by atoms with E-state index < -0.39 is 0 Å². The number of rotatable bonds is 5. The summed E-state index contributed by atoms with van der Waals surface area (Å²) in [6.45, 7) is 4.85. The lowest BCUT2D eigenvalue weighted by Crippen LogP contribution is -2.41. The average molecular weight is 397 g/mol. The van der Waals surface area contributed by atoms with Crippen LogP contribution >= 0.6 is 11.3 Å². The summed E-state index contributed by atoms with van der Waals surface area (Å²) < 4.78 is 5.66. The van der Waals surface area contributed by atoms with Crippen molar-refractivity contribution in [2.45, 2.75) is 25.8 Å². The average Bonchev–Trinajstić information content (AvgIpc) is 3.24. The van der Waals surface area contributed by atoms with Crippen molar-refractivity contribution in [2.75, 3.05) is 19.6 Å². The Morgan fingerprint density at radius 1 is 1.25 bits per heavy atom. The molecule has 1 unspecified atom stereocenters. The fourth-order valence-corrected chi connectivity index (χ4v) is 4.58. The maximum Gasteiger partial charge on any atom is 0.287 e. The van der Waals surface area contributed by atoms with E-state index in [0.29, 0.717) is 17.5 Å². The van der Waals surface area contributed by atoms with Crippen LogP contribution in [0.2, 0.25) is 0 Å². The van der Waals surface area contributed by atoms with Gasteiger partial charge in [0.2, 0.25) is 0 Å². The highest BCUT2D eigenvalue weighted by Crippen LogP contribution is 2.29. The molecule has 0 spiro atoms. The summed E-state index contributed by atoms with van der Waals surface area (Å²) in [7, 11) is 0. The topological polar surface area (TPSA) is 62.6 Å². The smallest absolute Gasteiger partial charge is 0.287 e. The molecule has 28 heavy (non-hydrogen) atoms. The number of nitrogens with zero attached hydrogens (tertiary/aromatic N) is 1. The summed E-state index contributed by atoms with van der Waals surface area (Å²) in [4.78, 5) is 28.6. The van der Waals surface area contributed by atoms with Gasteiger partial charge in [0.15, 0.2) is 11.2 Å². The summed E-state index contributed by atoms with van der Waals surface area (Å²) >= 11 is 1.71. The Bertz CT molecular complexity index is 1000. The van der Waals surface area contributed by atoms with E-state index in [1.54, 1.807) is 35.6 Å². The number of fused-ring (bicyclic) bond motifs is 1. The van der Waals surface area contributed by atoms with E-state index in [-0.39, 0.29) is 23.1 Å². The molecule has 0 radical (unpaired) electrons. The third-order valence-electron chi connectivity index (χ3n) is 5.44. The molecular weight excluding hydrogens is 372 g/mol. The molecule has 1 aromatic carbocycles. The minimum Gasteiger partial charge on any atom is -0.451 e. The first kappa shape index (κ1) is 18.9. The van der Waals surface area contributed by atoms with Gasteiger partial charge in [-0.25, -0.2) is 0 Å². The summed E-state index contributed by atoms with van der Waals surface area (Å²) in [5, 5.41) is 5.53. The molecule has 1 atom stereocenters. The van der Waals surface area contributed by atoms with Crippen LogP contribution in [-0.2, 0) is 0 Å². The number of amides is 1. The van der Waals surface area contributed by atoms with E-state index in [1.807, 2.05) is 6.07 Å². The number of hydrogen-bond donors (Lipinski definition) is 1. The molecule has 1 saturated heterocycles. The number of carbonyl (C=O) groups excluding carboxylic acids is 1. The van der Waals surface area contributed by atoms with Crippen molar-refractivity contribution in [1.82, 2.24) is 10.2 Å². The van der Waals surface area contributed by atoms with E-state index in [0.717, 1.165) is 19.0 Å². The SMILES string of the molecule is CC1CCN(C(CNC(=O)c2cc(=O)c3ccccc3o2)c2cccs2)CC1. The van der Waals surface area contributed by atoms with Gasteiger partial charge in [-0.2, -0.15) is 0 Å². The van der Waals surface area contributed by atoms with Crippen LogP contribution in [0.15, 0.2) is 57.1 Å². The molecule has 3 aromatic rings. The Hall–Kier alpha value is -2.44. The van der Waals surface area contributed by atoms with Gasteiger partial charge >= 0.3 is 0 Å².